The first-order valence-corrected chi connectivity index (χ1v) is 9.85. The fraction of sp³-hybridized carbons (Fsp3) is 0.316. The fourth-order valence-corrected chi connectivity index (χ4v) is 4.78. The summed E-state index contributed by atoms with van der Waals surface area (Å²) < 4.78 is 33.4. The number of hydrogen-bond donors (Lipinski definition) is 1. The highest BCUT2D eigenvalue weighted by atomic mass is 32.2. The normalized spacial score (nSPS) is 18.5. The van der Waals surface area contributed by atoms with E-state index in [-0.39, 0.29) is 16.7 Å². The summed E-state index contributed by atoms with van der Waals surface area (Å²) in [5, 5.41) is 3.26. The number of piperazine rings is 1. The summed E-state index contributed by atoms with van der Waals surface area (Å²) in [5.41, 5.74) is 1.32. The van der Waals surface area contributed by atoms with Crippen LogP contribution in [0.4, 0.5) is 0 Å². The van der Waals surface area contributed by atoms with Gasteiger partial charge in [-0.3, -0.25) is 4.79 Å². The monoisotopic (exact) mass is 374 g/mol. The molecule has 2 aromatic carbocycles. The average Bonchev–Trinajstić information content (AvgIpc) is 2.68. The Hall–Kier alpha value is -2.22. The van der Waals surface area contributed by atoms with Gasteiger partial charge < -0.3 is 10.1 Å². The topological polar surface area (TPSA) is 75.7 Å². The molecule has 0 aromatic heterocycles. The molecule has 3 rings (SSSR count). The largest absolute Gasteiger partial charge is 0.496 e. The van der Waals surface area contributed by atoms with Crippen molar-refractivity contribution in [1.82, 2.24) is 9.62 Å². The van der Waals surface area contributed by atoms with Crippen molar-refractivity contribution in [2.75, 3.05) is 26.7 Å². The van der Waals surface area contributed by atoms with Gasteiger partial charge in [0.15, 0.2) is 5.78 Å². The van der Waals surface area contributed by atoms with E-state index in [1.165, 1.54) is 23.4 Å². The van der Waals surface area contributed by atoms with Crippen LogP contribution in [0.2, 0.25) is 0 Å². The number of Topliss-reactive ketones (excluding diaryl/α,β-unsaturated/α-hetero) is 1. The highest BCUT2D eigenvalue weighted by molar-refractivity contribution is 7.89. The molecule has 2 aromatic rings. The third kappa shape index (κ3) is 3.51. The van der Waals surface area contributed by atoms with Crippen LogP contribution in [0.25, 0.3) is 0 Å². The maximum Gasteiger partial charge on any atom is 0.243 e. The molecule has 0 spiro atoms. The summed E-state index contributed by atoms with van der Waals surface area (Å²) in [4.78, 5) is 11.6. The first-order chi connectivity index (χ1) is 12.4. The lowest BCUT2D eigenvalue weighted by atomic mass is 10.0. The summed E-state index contributed by atoms with van der Waals surface area (Å²) in [6.45, 7) is 2.90. The molecule has 1 saturated heterocycles. The molecule has 0 saturated carbocycles. The van der Waals surface area contributed by atoms with E-state index >= 15 is 0 Å². The van der Waals surface area contributed by atoms with Crippen LogP contribution in [0.5, 0.6) is 5.75 Å². The molecule has 0 amide bonds. The number of ketones is 1. The van der Waals surface area contributed by atoms with Crippen molar-refractivity contribution < 1.29 is 17.9 Å². The van der Waals surface area contributed by atoms with E-state index in [1.807, 2.05) is 24.3 Å². The molecule has 1 fully saturated rings. The summed E-state index contributed by atoms with van der Waals surface area (Å²) >= 11 is 0. The number of rotatable bonds is 5. The molecule has 0 aliphatic carbocycles. The van der Waals surface area contributed by atoms with E-state index in [1.54, 1.807) is 19.2 Å². The number of sulfonamides is 1. The highest BCUT2D eigenvalue weighted by Gasteiger charge is 2.35. The molecule has 1 heterocycles. The lowest BCUT2D eigenvalue weighted by Gasteiger charge is -2.36. The number of nitrogens with one attached hydrogen (secondary N) is 1. The van der Waals surface area contributed by atoms with Gasteiger partial charge in [0.25, 0.3) is 0 Å². The molecule has 0 bridgehead atoms. The lowest BCUT2D eigenvalue weighted by molar-refractivity contribution is 0.101. The van der Waals surface area contributed by atoms with Crippen LogP contribution in [-0.2, 0) is 10.0 Å². The minimum Gasteiger partial charge on any atom is -0.496 e. The second-order valence-corrected chi connectivity index (χ2v) is 8.05. The number of carbonyl (C=O) groups is 1. The van der Waals surface area contributed by atoms with Gasteiger partial charge in [-0.1, -0.05) is 30.3 Å². The van der Waals surface area contributed by atoms with E-state index in [0.29, 0.717) is 30.9 Å². The minimum absolute atomic E-state index is 0.0944. The Kier molecular flexibility index (Phi) is 5.41. The third-order valence-electron chi connectivity index (χ3n) is 4.56. The third-order valence-corrected chi connectivity index (χ3v) is 6.48. The number of ether oxygens (including phenoxy) is 1. The van der Waals surface area contributed by atoms with Gasteiger partial charge in [0.2, 0.25) is 10.0 Å². The van der Waals surface area contributed by atoms with Crippen LogP contribution in [0, 0.1) is 0 Å². The van der Waals surface area contributed by atoms with Gasteiger partial charge in [0.05, 0.1) is 18.0 Å². The molecular formula is C19H22N2O4S. The fourth-order valence-electron chi connectivity index (χ4n) is 3.18. The van der Waals surface area contributed by atoms with Crippen LogP contribution in [0.3, 0.4) is 0 Å². The molecular weight excluding hydrogens is 352 g/mol. The van der Waals surface area contributed by atoms with Crippen molar-refractivity contribution in [2.24, 2.45) is 0 Å². The van der Waals surface area contributed by atoms with Crippen molar-refractivity contribution in [2.45, 2.75) is 17.9 Å². The number of para-hydroxylation sites is 1. The molecule has 1 atom stereocenters. The summed E-state index contributed by atoms with van der Waals surface area (Å²) in [7, 11) is -2.12. The first-order valence-electron chi connectivity index (χ1n) is 8.41. The van der Waals surface area contributed by atoms with Crippen LogP contribution in [0.1, 0.15) is 28.9 Å². The zero-order valence-corrected chi connectivity index (χ0v) is 15.6. The quantitative estimate of drug-likeness (QED) is 0.813. The van der Waals surface area contributed by atoms with E-state index in [2.05, 4.69) is 5.32 Å². The van der Waals surface area contributed by atoms with Crippen LogP contribution in [-0.4, -0.2) is 45.3 Å². The summed E-state index contributed by atoms with van der Waals surface area (Å²) in [6, 6.07) is 13.2. The van der Waals surface area contributed by atoms with Crippen LogP contribution in [0.15, 0.2) is 53.4 Å². The van der Waals surface area contributed by atoms with Gasteiger partial charge in [-0.25, -0.2) is 8.42 Å². The summed E-state index contributed by atoms with van der Waals surface area (Å²) in [5.74, 6) is 0.566. The van der Waals surface area contributed by atoms with Gasteiger partial charge in [-0.15, -0.1) is 0 Å². The number of carbonyl (C=O) groups excluding carboxylic acids is 1. The van der Waals surface area contributed by atoms with Gasteiger partial charge in [0.1, 0.15) is 5.75 Å². The van der Waals surface area contributed by atoms with Crippen molar-refractivity contribution in [1.29, 1.82) is 0 Å². The Balaban J connectivity index is 1.99. The molecule has 0 radical (unpaired) electrons. The minimum atomic E-state index is -3.70. The van der Waals surface area contributed by atoms with Gasteiger partial charge in [-0.2, -0.15) is 4.31 Å². The predicted molar refractivity (Wildman–Crippen MR) is 98.9 cm³/mol. The molecule has 1 aliphatic heterocycles. The standard InChI is InChI=1S/C19H22N2O4S/c1-14(22)15-7-9-16(10-8-15)26(23,24)21-12-11-20-13-18(21)17-5-3-4-6-19(17)25-2/h3-10,18,20H,11-13H2,1-2H3. The van der Waals surface area contributed by atoms with Crippen molar-refractivity contribution in [3.63, 3.8) is 0 Å². The molecule has 6 nitrogen and oxygen atoms in total. The highest BCUT2D eigenvalue weighted by Crippen LogP contribution is 2.33. The SMILES string of the molecule is COc1ccccc1C1CNCCN1S(=O)(=O)c1ccc(C(C)=O)cc1. The van der Waals surface area contributed by atoms with Crippen LogP contribution >= 0.6 is 0 Å². The smallest absolute Gasteiger partial charge is 0.243 e. The predicted octanol–water partition coefficient (Wildman–Crippen LogP) is 2.23. The van der Waals surface area contributed by atoms with Crippen molar-refractivity contribution in [3.8, 4) is 5.75 Å². The zero-order valence-electron chi connectivity index (χ0n) is 14.8. The molecule has 26 heavy (non-hydrogen) atoms. The second kappa shape index (κ2) is 7.57. The Bertz CT molecular complexity index is 894. The van der Waals surface area contributed by atoms with E-state index in [0.717, 1.165) is 5.56 Å². The Morgan fingerprint density at radius 1 is 1.15 bits per heavy atom. The Morgan fingerprint density at radius 3 is 2.50 bits per heavy atom. The van der Waals surface area contributed by atoms with Crippen molar-refractivity contribution >= 4 is 15.8 Å². The van der Waals surface area contributed by atoms with Gasteiger partial charge in [0, 0.05) is 30.8 Å². The number of nitrogens with zero attached hydrogens (tertiary/aromatic N) is 1. The molecule has 138 valence electrons. The molecule has 7 heteroatoms. The molecule has 1 N–H and O–H groups in total. The number of hydrogen-bond acceptors (Lipinski definition) is 5. The van der Waals surface area contributed by atoms with Gasteiger partial charge >= 0.3 is 0 Å². The lowest BCUT2D eigenvalue weighted by Crippen LogP contribution is -2.48. The van der Waals surface area contributed by atoms with Crippen LogP contribution < -0.4 is 10.1 Å². The Labute approximate surface area is 153 Å². The van der Waals surface area contributed by atoms with E-state index in [4.69, 9.17) is 4.74 Å². The maximum atomic E-state index is 13.2. The number of methoxy groups -OCH3 is 1. The zero-order chi connectivity index (χ0) is 18.7. The maximum absolute atomic E-state index is 13.2. The van der Waals surface area contributed by atoms with E-state index in [9.17, 15) is 13.2 Å². The average molecular weight is 374 g/mol. The second-order valence-electron chi connectivity index (χ2n) is 6.16. The van der Waals surface area contributed by atoms with E-state index < -0.39 is 10.0 Å². The Morgan fingerprint density at radius 2 is 1.85 bits per heavy atom. The first kappa shape index (κ1) is 18.6. The number of benzene rings is 2. The molecule has 1 unspecified atom stereocenters. The summed E-state index contributed by atoms with van der Waals surface area (Å²) in [6.07, 6.45) is 0. The van der Waals surface area contributed by atoms with Gasteiger partial charge in [-0.05, 0) is 25.1 Å². The molecule has 1 aliphatic rings. The van der Waals surface area contributed by atoms with Crippen molar-refractivity contribution in [3.05, 3.63) is 59.7 Å².